The van der Waals surface area contributed by atoms with Gasteiger partial charge in [0, 0.05) is 35.5 Å². The summed E-state index contributed by atoms with van der Waals surface area (Å²) in [5.41, 5.74) is 2.01. The molecule has 0 radical (unpaired) electrons. The van der Waals surface area contributed by atoms with Crippen LogP contribution in [0.25, 0.3) is 10.9 Å². The third-order valence-corrected chi connectivity index (χ3v) is 9.03. The lowest BCUT2D eigenvalue weighted by Crippen LogP contribution is -2.47. The van der Waals surface area contributed by atoms with Gasteiger partial charge in [-0.2, -0.15) is 0 Å². The number of nitrogens with one attached hydrogen (secondary N) is 1. The van der Waals surface area contributed by atoms with Crippen molar-refractivity contribution in [2.45, 2.75) is 36.4 Å². The molecule has 2 N–H and O–H groups in total. The highest BCUT2D eigenvalue weighted by Gasteiger charge is 2.39. The molecule has 172 valence electrons. The van der Waals surface area contributed by atoms with Gasteiger partial charge in [-0.25, -0.2) is 4.98 Å². The number of rotatable bonds is 10. The molecule has 3 aromatic rings. The molecule has 3 heterocycles. The number of hydrogen-bond acceptors (Lipinski definition) is 7. The second-order valence-corrected chi connectivity index (χ2v) is 11.1. The maximum absolute atomic E-state index is 10.5. The number of aryl methyl sites for hydroxylation is 1. The summed E-state index contributed by atoms with van der Waals surface area (Å²) in [5, 5.41) is 17.8. The molecular weight excluding hydrogens is 462 g/mol. The predicted octanol–water partition coefficient (Wildman–Crippen LogP) is 5.45. The number of thioether (sulfide) groups is 1. The number of ether oxygens (including phenoxy) is 1. The molecule has 1 saturated heterocycles. The molecule has 0 aliphatic carbocycles. The van der Waals surface area contributed by atoms with E-state index in [1.165, 1.54) is 0 Å². The standard InChI is InChI=1S/C24H30ClN3O2S2/c1-30-18-4-5-22-20(13-18)19(21(25)15-28-22)3-2-7-24(16-29)8-9-26-14-17(24)6-11-31-23-27-10-12-32-23/h4-5,10,12-13,15,17,26,29H,2-3,6-9,11,14,16H2,1H3. The van der Waals surface area contributed by atoms with Gasteiger partial charge in [0.05, 0.1) is 17.6 Å². The molecule has 0 bridgehead atoms. The van der Waals surface area contributed by atoms with Crippen LogP contribution in [0.3, 0.4) is 0 Å². The lowest BCUT2D eigenvalue weighted by atomic mass is 9.67. The Morgan fingerprint density at radius 1 is 1.38 bits per heavy atom. The number of halogens is 1. The number of benzene rings is 1. The number of hydrogen-bond donors (Lipinski definition) is 2. The second kappa shape index (κ2) is 11.2. The van der Waals surface area contributed by atoms with Crippen LogP contribution in [-0.2, 0) is 6.42 Å². The molecule has 4 rings (SSSR count). The van der Waals surface area contributed by atoms with E-state index in [1.807, 2.05) is 41.5 Å². The summed E-state index contributed by atoms with van der Waals surface area (Å²) in [6.07, 6.45) is 8.52. The van der Waals surface area contributed by atoms with E-state index in [4.69, 9.17) is 16.3 Å². The van der Waals surface area contributed by atoms with Crippen LogP contribution in [0.2, 0.25) is 5.02 Å². The van der Waals surface area contributed by atoms with E-state index in [-0.39, 0.29) is 12.0 Å². The van der Waals surface area contributed by atoms with Crippen LogP contribution in [-0.4, -0.2) is 47.6 Å². The Morgan fingerprint density at radius 2 is 2.28 bits per heavy atom. The first-order chi connectivity index (χ1) is 15.6. The molecule has 1 fully saturated rings. The Balaban J connectivity index is 1.44. The highest BCUT2D eigenvalue weighted by molar-refractivity contribution is 8.00. The first-order valence-electron chi connectivity index (χ1n) is 11.1. The third-order valence-electron chi connectivity index (χ3n) is 6.71. The number of aliphatic hydroxyl groups is 1. The van der Waals surface area contributed by atoms with Crippen molar-refractivity contribution in [3.63, 3.8) is 0 Å². The van der Waals surface area contributed by atoms with Crippen LogP contribution in [0.5, 0.6) is 5.75 Å². The third kappa shape index (κ3) is 5.39. The predicted molar refractivity (Wildman–Crippen MR) is 134 cm³/mol. The largest absolute Gasteiger partial charge is 0.497 e. The molecule has 0 saturated carbocycles. The van der Waals surface area contributed by atoms with Crippen molar-refractivity contribution in [3.05, 3.63) is 46.6 Å². The van der Waals surface area contributed by atoms with Gasteiger partial charge in [0.2, 0.25) is 0 Å². The minimum atomic E-state index is -0.0400. The monoisotopic (exact) mass is 491 g/mol. The van der Waals surface area contributed by atoms with Crippen molar-refractivity contribution in [2.24, 2.45) is 11.3 Å². The summed E-state index contributed by atoms with van der Waals surface area (Å²) in [4.78, 5) is 8.84. The number of piperidine rings is 1. The van der Waals surface area contributed by atoms with Crippen LogP contribution in [0.15, 0.2) is 40.3 Å². The van der Waals surface area contributed by atoms with Crippen LogP contribution in [0, 0.1) is 11.3 Å². The fourth-order valence-corrected chi connectivity index (χ4v) is 6.84. The highest BCUT2D eigenvalue weighted by Crippen LogP contribution is 2.42. The van der Waals surface area contributed by atoms with Crippen molar-refractivity contribution in [1.29, 1.82) is 0 Å². The number of fused-ring (bicyclic) bond motifs is 1. The summed E-state index contributed by atoms with van der Waals surface area (Å²) in [5.74, 6) is 2.30. The van der Waals surface area contributed by atoms with Crippen molar-refractivity contribution >= 4 is 45.6 Å². The first kappa shape index (κ1) is 23.8. The number of nitrogens with zero attached hydrogens (tertiary/aromatic N) is 2. The van der Waals surface area contributed by atoms with E-state index in [0.29, 0.717) is 10.9 Å². The molecule has 0 spiro atoms. The normalized spacial score (nSPS) is 21.2. The Labute approximate surface area is 203 Å². The summed E-state index contributed by atoms with van der Waals surface area (Å²) in [6.45, 7) is 2.17. The molecule has 2 atom stereocenters. The average molecular weight is 492 g/mol. The molecule has 5 nitrogen and oxygen atoms in total. The van der Waals surface area contributed by atoms with E-state index in [9.17, 15) is 5.11 Å². The number of thiazole rings is 1. The summed E-state index contributed by atoms with van der Waals surface area (Å²) in [7, 11) is 1.67. The van der Waals surface area contributed by atoms with Crippen molar-refractivity contribution in [2.75, 3.05) is 32.6 Å². The Hall–Kier alpha value is -1.38. The quantitative estimate of drug-likeness (QED) is 0.368. The van der Waals surface area contributed by atoms with Gasteiger partial charge < -0.3 is 15.2 Å². The van der Waals surface area contributed by atoms with Gasteiger partial charge in [-0.15, -0.1) is 11.3 Å². The molecule has 8 heteroatoms. The molecule has 1 aromatic carbocycles. The van der Waals surface area contributed by atoms with Crippen molar-refractivity contribution in [3.8, 4) is 5.75 Å². The van der Waals surface area contributed by atoms with Crippen LogP contribution in [0.1, 0.15) is 31.2 Å². The maximum atomic E-state index is 10.5. The average Bonchev–Trinajstić information content (AvgIpc) is 3.34. The number of aliphatic hydroxyl groups excluding tert-OH is 1. The molecule has 1 aliphatic heterocycles. The van der Waals surface area contributed by atoms with Gasteiger partial charge in [-0.1, -0.05) is 23.4 Å². The van der Waals surface area contributed by atoms with E-state index in [2.05, 4.69) is 15.3 Å². The number of methoxy groups -OCH3 is 1. The highest BCUT2D eigenvalue weighted by atomic mass is 35.5. The zero-order valence-electron chi connectivity index (χ0n) is 18.3. The summed E-state index contributed by atoms with van der Waals surface area (Å²) in [6, 6.07) is 5.93. The van der Waals surface area contributed by atoms with E-state index in [1.54, 1.807) is 24.6 Å². The van der Waals surface area contributed by atoms with Crippen molar-refractivity contribution in [1.82, 2.24) is 15.3 Å². The van der Waals surface area contributed by atoms with Gasteiger partial charge in [0.1, 0.15) is 10.1 Å². The zero-order chi connectivity index (χ0) is 22.4. The van der Waals surface area contributed by atoms with Crippen molar-refractivity contribution < 1.29 is 9.84 Å². The minimum Gasteiger partial charge on any atom is -0.497 e. The first-order valence-corrected chi connectivity index (χ1v) is 13.3. The van der Waals surface area contributed by atoms with E-state index >= 15 is 0 Å². The summed E-state index contributed by atoms with van der Waals surface area (Å²) >= 11 is 10.1. The molecule has 32 heavy (non-hydrogen) atoms. The summed E-state index contributed by atoms with van der Waals surface area (Å²) < 4.78 is 6.54. The molecule has 2 unspecified atom stereocenters. The smallest absolute Gasteiger partial charge is 0.149 e. The van der Waals surface area contributed by atoms with Gasteiger partial charge in [0.15, 0.2) is 0 Å². The minimum absolute atomic E-state index is 0.0400. The van der Waals surface area contributed by atoms with Gasteiger partial charge in [0.25, 0.3) is 0 Å². The molecule has 2 aromatic heterocycles. The molecular formula is C24H30ClN3O2S2. The second-order valence-electron chi connectivity index (χ2n) is 8.43. The topological polar surface area (TPSA) is 67.3 Å². The zero-order valence-corrected chi connectivity index (χ0v) is 20.7. The van der Waals surface area contributed by atoms with Crippen LogP contribution >= 0.6 is 34.7 Å². The Kier molecular flexibility index (Phi) is 8.29. The maximum Gasteiger partial charge on any atom is 0.149 e. The number of aromatic nitrogens is 2. The fourth-order valence-electron chi connectivity index (χ4n) is 4.83. The lowest BCUT2D eigenvalue weighted by molar-refractivity contribution is 0.0211. The number of pyridine rings is 1. The molecule has 0 amide bonds. The van der Waals surface area contributed by atoms with Gasteiger partial charge in [-0.3, -0.25) is 4.98 Å². The van der Waals surface area contributed by atoms with E-state index < -0.39 is 0 Å². The molecule has 1 aliphatic rings. The van der Waals surface area contributed by atoms with Gasteiger partial charge in [-0.05, 0) is 80.3 Å². The Bertz CT molecular complexity index is 1020. The SMILES string of the molecule is COc1ccc2ncc(Cl)c(CCCC3(CO)CCNCC3CCSc3nccs3)c2c1. The van der Waals surface area contributed by atoms with Crippen LogP contribution in [0.4, 0.5) is 0 Å². The van der Waals surface area contributed by atoms with Crippen LogP contribution < -0.4 is 10.1 Å². The Morgan fingerprint density at radius 3 is 3.06 bits per heavy atom. The van der Waals surface area contributed by atoms with Gasteiger partial charge >= 0.3 is 0 Å². The fraction of sp³-hybridized carbons (Fsp3) is 0.500. The van der Waals surface area contributed by atoms with E-state index in [0.717, 1.165) is 77.5 Å². The lowest BCUT2D eigenvalue weighted by Gasteiger charge is -2.44.